The van der Waals surface area contributed by atoms with Crippen LogP contribution in [0.4, 0.5) is 0 Å². The number of likely N-dealkylation sites (N-methyl/N-ethyl adjacent to an activating group) is 1. The minimum Gasteiger partial charge on any atom is -0.492 e. The van der Waals surface area contributed by atoms with Crippen molar-refractivity contribution in [2.45, 2.75) is 6.92 Å². The van der Waals surface area contributed by atoms with Crippen molar-refractivity contribution in [3.05, 3.63) is 42.5 Å². The molecule has 20 heavy (non-hydrogen) atoms. The highest BCUT2D eigenvalue weighted by Crippen LogP contribution is 2.20. The third-order valence-corrected chi connectivity index (χ3v) is 3.20. The summed E-state index contributed by atoms with van der Waals surface area (Å²) in [7, 11) is 0. The third kappa shape index (κ3) is 3.96. The highest BCUT2D eigenvalue weighted by Gasteiger charge is 2.07. The first-order valence-corrected chi connectivity index (χ1v) is 6.75. The SMILES string of the molecule is CCN(CCOc1ccc2ccccc2c1)CC(=O)O. The summed E-state index contributed by atoms with van der Waals surface area (Å²) in [5.74, 6) is 0.00707. The van der Waals surface area contributed by atoms with Gasteiger partial charge < -0.3 is 9.84 Å². The Bertz CT molecular complexity index is 583. The number of benzene rings is 2. The number of carbonyl (C=O) groups is 1. The first kappa shape index (κ1) is 14.3. The highest BCUT2D eigenvalue weighted by atomic mass is 16.5. The van der Waals surface area contributed by atoms with Gasteiger partial charge in [-0.15, -0.1) is 0 Å². The summed E-state index contributed by atoms with van der Waals surface area (Å²) < 4.78 is 5.69. The molecule has 0 unspecified atom stereocenters. The van der Waals surface area contributed by atoms with Crippen molar-refractivity contribution in [2.24, 2.45) is 0 Å². The molecular formula is C16H19NO3. The normalized spacial score (nSPS) is 10.9. The Morgan fingerprint density at radius 2 is 1.95 bits per heavy atom. The van der Waals surface area contributed by atoms with Gasteiger partial charge in [-0.1, -0.05) is 37.3 Å². The molecule has 0 atom stereocenters. The summed E-state index contributed by atoms with van der Waals surface area (Å²) in [5, 5.41) is 11.1. The fourth-order valence-corrected chi connectivity index (χ4v) is 2.09. The largest absolute Gasteiger partial charge is 0.492 e. The Morgan fingerprint density at radius 1 is 1.20 bits per heavy atom. The van der Waals surface area contributed by atoms with Crippen LogP contribution >= 0.6 is 0 Å². The van der Waals surface area contributed by atoms with Crippen molar-refractivity contribution >= 4 is 16.7 Å². The van der Waals surface area contributed by atoms with Crippen molar-refractivity contribution in [3.8, 4) is 5.75 Å². The maximum absolute atomic E-state index is 10.7. The molecule has 4 heteroatoms. The second kappa shape index (κ2) is 6.91. The molecule has 2 rings (SSSR count). The fraction of sp³-hybridized carbons (Fsp3) is 0.312. The lowest BCUT2D eigenvalue weighted by Crippen LogP contribution is -2.33. The third-order valence-electron chi connectivity index (χ3n) is 3.20. The van der Waals surface area contributed by atoms with Crippen molar-refractivity contribution in [2.75, 3.05) is 26.2 Å². The van der Waals surface area contributed by atoms with Gasteiger partial charge in [0.2, 0.25) is 0 Å². The molecule has 0 bridgehead atoms. The van der Waals surface area contributed by atoms with E-state index < -0.39 is 5.97 Å². The molecule has 0 fully saturated rings. The average Bonchev–Trinajstić information content (AvgIpc) is 2.45. The molecule has 1 N–H and O–H groups in total. The minimum atomic E-state index is -0.808. The molecule has 0 aromatic heterocycles. The maximum Gasteiger partial charge on any atom is 0.317 e. The van der Waals surface area contributed by atoms with Gasteiger partial charge in [-0.2, -0.15) is 0 Å². The molecule has 0 radical (unpaired) electrons. The zero-order valence-electron chi connectivity index (χ0n) is 11.6. The lowest BCUT2D eigenvalue weighted by atomic mass is 10.1. The van der Waals surface area contributed by atoms with Crippen molar-refractivity contribution in [1.82, 2.24) is 4.90 Å². The van der Waals surface area contributed by atoms with Crippen LogP contribution in [0.2, 0.25) is 0 Å². The molecule has 0 spiro atoms. The number of rotatable bonds is 7. The van der Waals surface area contributed by atoms with E-state index in [1.54, 1.807) is 0 Å². The summed E-state index contributed by atoms with van der Waals surface area (Å²) in [6.45, 7) is 3.79. The Balaban J connectivity index is 1.90. The van der Waals surface area contributed by atoms with E-state index in [0.717, 1.165) is 11.1 Å². The van der Waals surface area contributed by atoms with Gasteiger partial charge >= 0.3 is 5.97 Å². The molecule has 0 amide bonds. The molecular weight excluding hydrogens is 254 g/mol. The first-order chi connectivity index (χ1) is 9.69. The molecule has 106 valence electrons. The van der Waals surface area contributed by atoms with E-state index in [1.807, 2.05) is 48.2 Å². The monoisotopic (exact) mass is 273 g/mol. The van der Waals surface area contributed by atoms with Crippen molar-refractivity contribution < 1.29 is 14.6 Å². The Labute approximate surface area is 118 Å². The van der Waals surface area contributed by atoms with Crippen LogP contribution in [0.25, 0.3) is 10.8 Å². The van der Waals surface area contributed by atoms with Gasteiger partial charge in [-0.05, 0) is 29.4 Å². The summed E-state index contributed by atoms with van der Waals surface area (Å²) in [6, 6.07) is 14.1. The van der Waals surface area contributed by atoms with Crippen LogP contribution in [-0.4, -0.2) is 42.2 Å². The number of ether oxygens (including phenoxy) is 1. The van der Waals surface area contributed by atoms with Crippen molar-refractivity contribution in [3.63, 3.8) is 0 Å². The van der Waals surface area contributed by atoms with Gasteiger partial charge in [0.15, 0.2) is 0 Å². The van der Waals surface area contributed by atoms with Crippen LogP contribution in [0.1, 0.15) is 6.92 Å². The summed E-state index contributed by atoms with van der Waals surface area (Å²) in [4.78, 5) is 12.5. The van der Waals surface area contributed by atoms with Crippen LogP contribution < -0.4 is 4.74 Å². The first-order valence-electron chi connectivity index (χ1n) is 6.75. The fourth-order valence-electron chi connectivity index (χ4n) is 2.09. The quantitative estimate of drug-likeness (QED) is 0.842. The van der Waals surface area contributed by atoms with Gasteiger partial charge in [0, 0.05) is 6.54 Å². The molecule has 0 aliphatic heterocycles. The topological polar surface area (TPSA) is 49.8 Å². The molecule has 0 saturated carbocycles. The molecule has 0 aliphatic carbocycles. The van der Waals surface area contributed by atoms with E-state index in [4.69, 9.17) is 9.84 Å². The predicted octanol–water partition coefficient (Wildman–Crippen LogP) is 2.63. The summed E-state index contributed by atoms with van der Waals surface area (Å²) in [5.41, 5.74) is 0. The standard InChI is InChI=1S/C16H19NO3/c1-2-17(12-16(18)19)9-10-20-15-8-7-13-5-3-4-6-14(13)11-15/h3-8,11H,2,9-10,12H2,1H3,(H,18,19). The van der Waals surface area contributed by atoms with Gasteiger partial charge in [-0.3, -0.25) is 9.69 Å². The Hall–Kier alpha value is -2.07. The summed E-state index contributed by atoms with van der Waals surface area (Å²) >= 11 is 0. The van der Waals surface area contributed by atoms with E-state index in [0.29, 0.717) is 19.7 Å². The zero-order chi connectivity index (χ0) is 14.4. The van der Waals surface area contributed by atoms with Crippen molar-refractivity contribution in [1.29, 1.82) is 0 Å². The predicted molar refractivity (Wildman–Crippen MR) is 79.2 cm³/mol. The van der Waals surface area contributed by atoms with E-state index in [-0.39, 0.29) is 6.54 Å². The lowest BCUT2D eigenvalue weighted by molar-refractivity contribution is -0.138. The number of hydrogen-bond donors (Lipinski definition) is 1. The number of aliphatic carboxylic acids is 1. The number of carboxylic acids is 1. The van der Waals surface area contributed by atoms with E-state index in [1.165, 1.54) is 5.39 Å². The Kier molecular flexibility index (Phi) is 4.96. The number of carboxylic acid groups (broad SMARTS) is 1. The lowest BCUT2D eigenvalue weighted by Gasteiger charge is -2.18. The van der Waals surface area contributed by atoms with Gasteiger partial charge in [0.25, 0.3) is 0 Å². The van der Waals surface area contributed by atoms with Crippen LogP contribution in [0.3, 0.4) is 0 Å². The molecule has 0 aliphatic rings. The van der Waals surface area contributed by atoms with Crippen LogP contribution in [0, 0.1) is 0 Å². The maximum atomic E-state index is 10.7. The second-order valence-electron chi connectivity index (χ2n) is 4.62. The summed E-state index contributed by atoms with van der Waals surface area (Å²) in [6.07, 6.45) is 0. The van der Waals surface area contributed by atoms with Gasteiger partial charge in [0.05, 0.1) is 6.54 Å². The van der Waals surface area contributed by atoms with Gasteiger partial charge in [0.1, 0.15) is 12.4 Å². The van der Waals surface area contributed by atoms with E-state index >= 15 is 0 Å². The molecule has 4 nitrogen and oxygen atoms in total. The van der Waals surface area contributed by atoms with E-state index in [2.05, 4.69) is 6.07 Å². The second-order valence-corrected chi connectivity index (χ2v) is 4.62. The molecule has 0 heterocycles. The van der Waals surface area contributed by atoms with Gasteiger partial charge in [-0.25, -0.2) is 0 Å². The molecule has 0 saturated heterocycles. The molecule has 2 aromatic carbocycles. The average molecular weight is 273 g/mol. The van der Waals surface area contributed by atoms with Crippen LogP contribution in [0.5, 0.6) is 5.75 Å². The number of hydrogen-bond acceptors (Lipinski definition) is 3. The zero-order valence-corrected chi connectivity index (χ0v) is 11.6. The van der Waals surface area contributed by atoms with Crippen LogP contribution in [-0.2, 0) is 4.79 Å². The van der Waals surface area contributed by atoms with E-state index in [9.17, 15) is 4.79 Å². The Morgan fingerprint density at radius 3 is 2.65 bits per heavy atom. The molecule has 2 aromatic rings. The highest BCUT2D eigenvalue weighted by molar-refractivity contribution is 5.83. The number of fused-ring (bicyclic) bond motifs is 1. The smallest absolute Gasteiger partial charge is 0.317 e. The number of nitrogens with zero attached hydrogens (tertiary/aromatic N) is 1. The minimum absolute atomic E-state index is 0.0532. The van der Waals surface area contributed by atoms with Crippen LogP contribution in [0.15, 0.2) is 42.5 Å².